The van der Waals surface area contributed by atoms with E-state index in [0.29, 0.717) is 22.5 Å². The quantitative estimate of drug-likeness (QED) is 0.729. The highest BCUT2D eigenvalue weighted by Crippen LogP contribution is 2.27. The van der Waals surface area contributed by atoms with E-state index < -0.39 is 16.0 Å². The van der Waals surface area contributed by atoms with Crippen molar-refractivity contribution in [2.24, 2.45) is 0 Å². The Kier molecular flexibility index (Phi) is 4.22. The maximum absolute atomic E-state index is 12.9. The van der Waals surface area contributed by atoms with Gasteiger partial charge in [0.2, 0.25) is 0 Å². The number of nitrogens with one attached hydrogen (secondary N) is 1. The van der Waals surface area contributed by atoms with Gasteiger partial charge in [0.25, 0.3) is 10.0 Å². The molecule has 2 aromatic carbocycles. The molecule has 0 amide bonds. The van der Waals surface area contributed by atoms with Crippen LogP contribution in [0.2, 0.25) is 0 Å². The van der Waals surface area contributed by atoms with Gasteiger partial charge >= 0.3 is 5.97 Å². The Morgan fingerprint density at radius 3 is 2.56 bits per heavy atom. The number of benzene rings is 2. The number of aryl methyl sites for hydroxylation is 1. The lowest BCUT2D eigenvalue weighted by atomic mass is 10.1. The standard InChI is InChI=1S/C17H17N3O4S/c1-11-17(12(2)20(18-11)10-16(21)22)19-25(23,24)15-9-5-7-13-6-3-4-8-14(13)15/h3-9,19H,10H2,1-2H3,(H,21,22). The van der Waals surface area contributed by atoms with Gasteiger partial charge in [0.1, 0.15) is 6.54 Å². The third-order valence-electron chi connectivity index (χ3n) is 3.94. The van der Waals surface area contributed by atoms with Crippen LogP contribution in [0.15, 0.2) is 47.4 Å². The minimum absolute atomic E-state index is 0.162. The van der Waals surface area contributed by atoms with Crippen LogP contribution in [-0.2, 0) is 21.4 Å². The Balaban J connectivity index is 2.05. The average molecular weight is 359 g/mol. The lowest BCUT2D eigenvalue weighted by Crippen LogP contribution is -2.15. The van der Waals surface area contributed by atoms with Gasteiger partial charge in [-0.2, -0.15) is 5.10 Å². The molecule has 7 nitrogen and oxygen atoms in total. The monoisotopic (exact) mass is 359 g/mol. The SMILES string of the molecule is Cc1nn(CC(=O)O)c(C)c1NS(=O)(=O)c1cccc2ccccc12. The highest BCUT2D eigenvalue weighted by Gasteiger charge is 2.22. The number of nitrogens with zero attached hydrogens (tertiary/aromatic N) is 2. The predicted molar refractivity (Wildman–Crippen MR) is 94.1 cm³/mol. The van der Waals surface area contributed by atoms with Crippen LogP contribution in [0, 0.1) is 13.8 Å². The number of carbonyl (C=O) groups is 1. The van der Waals surface area contributed by atoms with Crippen LogP contribution in [-0.4, -0.2) is 29.3 Å². The maximum Gasteiger partial charge on any atom is 0.325 e. The summed E-state index contributed by atoms with van der Waals surface area (Å²) in [6.45, 7) is 2.93. The van der Waals surface area contributed by atoms with E-state index in [1.807, 2.05) is 18.2 Å². The van der Waals surface area contributed by atoms with Gasteiger partial charge in [0, 0.05) is 5.39 Å². The third kappa shape index (κ3) is 3.20. The van der Waals surface area contributed by atoms with Crippen LogP contribution in [0.1, 0.15) is 11.4 Å². The van der Waals surface area contributed by atoms with E-state index in [4.69, 9.17) is 5.11 Å². The summed E-state index contributed by atoms with van der Waals surface area (Å²) in [4.78, 5) is 11.1. The van der Waals surface area contributed by atoms with Gasteiger partial charge in [-0.1, -0.05) is 36.4 Å². The van der Waals surface area contributed by atoms with E-state index in [1.54, 1.807) is 32.0 Å². The number of aliphatic carboxylic acids is 1. The molecule has 0 spiro atoms. The topological polar surface area (TPSA) is 101 Å². The van der Waals surface area contributed by atoms with E-state index in [-0.39, 0.29) is 11.4 Å². The van der Waals surface area contributed by atoms with Crippen LogP contribution >= 0.6 is 0 Å². The summed E-state index contributed by atoms with van der Waals surface area (Å²) in [6.07, 6.45) is 0. The highest BCUT2D eigenvalue weighted by atomic mass is 32.2. The number of aromatic nitrogens is 2. The van der Waals surface area contributed by atoms with E-state index in [1.165, 1.54) is 10.7 Å². The second-order valence-corrected chi connectivity index (χ2v) is 7.33. The molecule has 3 rings (SSSR count). The first kappa shape index (κ1) is 17.0. The van der Waals surface area contributed by atoms with Gasteiger partial charge in [-0.25, -0.2) is 8.42 Å². The molecule has 0 aliphatic heterocycles. The van der Waals surface area contributed by atoms with Crippen LogP contribution in [0.4, 0.5) is 5.69 Å². The summed E-state index contributed by atoms with van der Waals surface area (Å²) in [5.41, 5.74) is 1.17. The molecular formula is C17H17N3O4S. The molecule has 8 heteroatoms. The number of carboxylic acids is 1. The predicted octanol–water partition coefficient (Wildman–Crippen LogP) is 2.54. The molecule has 0 radical (unpaired) electrons. The zero-order valence-electron chi connectivity index (χ0n) is 13.7. The van der Waals surface area contributed by atoms with E-state index in [2.05, 4.69) is 9.82 Å². The van der Waals surface area contributed by atoms with E-state index in [0.717, 1.165) is 5.39 Å². The van der Waals surface area contributed by atoms with E-state index in [9.17, 15) is 13.2 Å². The van der Waals surface area contributed by atoms with Crippen LogP contribution in [0.3, 0.4) is 0 Å². The molecule has 0 saturated heterocycles. The van der Waals surface area contributed by atoms with Crippen molar-refractivity contribution in [3.63, 3.8) is 0 Å². The van der Waals surface area contributed by atoms with Gasteiger partial charge in [0.15, 0.2) is 0 Å². The van der Waals surface area contributed by atoms with Gasteiger partial charge < -0.3 is 5.11 Å². The smallest absolute Gasteiger partial charge is 0.325 e. The fraction of sp³-hybridized carbons (Fsp3) is 0.176. The first-order chi connectivity index (χ1) is 11.8. The van der Waals surface area contributed by atoms with Crippen LogP contribution < -0.4 is 4.72 Å². The van der Waals surface area contributed by atoms with Crippen molar-refractivity contribution in [2.45, 2.75) is 25.3 Å². The highest BCUT2D eigenvalue weighted by molar-refractivity contribution is 7.93. The minimum Gasteiger partial charge on any atom is -0.480 e. The van der Waals surface area contributed by atoms with Crippen LogP contribution in [0.5, 0.6) is 0 Å². The van der Waals surface area contributed by atoms with Crippen molar-refractivity contribution >= 4 is 32.5 Å². The van der Waals surface area contributed by atoms with Crippen LogP contribution in [0.25, 0.3) is 10.8 Å². The molecule has 0 saturated carbocycles. The number of rotatable bonds is 5. The molecule has 0 atom stereocenters. The molecule has 130 valence electrons. The first-order valence-corrected chi connectivity index (χ1v) is 9.04. The van der Waals surface area contributed by atoms with E-state index >= 15 is 0 Å². The summed E-state index contributed by atoms with van der Waals surface area (Å²) in [7, 11) is -3.85. The Morgan fingerprint density at radius 2 is 1.84 bits per heavy atom. The number of hydrogen-bond donors (Lipinski definition) is 2. The summed E-state index contributed by atoms with van der Waals surface area (Å²) in [6, 6.07) is 12.3. The van der Waals surface area contributed by atoms with Gasteiger partial charge in [-0.05, 0) is 25.3 Å². The number of anilines is 1. The molecule has 3 aromatic rings. The minimum atomic E-state index is -3.85. The molecular weight excluding hydrogens is 342 g/mol. The normalized spacial score (nSPS) is 11.6. The molecule has 0 fully saturated rings. The Hall–Kier alpha value is -2.87. The van der Waals surface area contributed by atoms with Crippen molar-refractivity contribution in [2.75, 3.05) is 4.72 Å². The molecule has 0 aliphatic rings. The number of sulfonamides is 1. The average Bonchev–Trinajstić information content (AvgIpc) is 2.81. The molecule has 0 unspecified atom stereocenters. The molecule has 2 N–H and O–H groups in total. The van der Waals surface area contributed by atoms with Crippen molar-refractivity contribution in [1.82, 2.24) is 9.78 Å². The summed E-state index contributed by atoms with van der Waals surface area (Å²) in [5.74, 6) is -1.05. The third-order valence-corrected chi connectivity index (χ3v) is 5.35. The summed E-state index contributed by atoms with van der Waals surface area (Å²) < 4.78 is 29.6. The first-order valence-electron chi connectivity index (χ1n) is 7.56. The molecule has 0 aliphatic carbocycles. The van der Waals surface area contributed by atoms with Crippen molar-refractivity contribution in [1.29, 1.82) is 0 Å². The van der Waals surface area contributed by atoms with Crippen molar-refractivity contribution in [3.8, 4) is 0 Å². The molecule has 1 heterocycles. The number of fused-ring (bicyclic) bond motifs is 1. The fourth-order valence-corrected chi connectivity index (χ4v) is 4.15. The zero-order chi connectivity index (χ0) is 18.2. The maximum atomic E-state index is 12.9. The van der Waals surface area contributed by atoms with Gasteiger partial charge in [-0.3, -0.25) is 14.2 Å². The number of carboxylic acid groups (broad SMARTS) is 1. The molecule has 25 heavy (non-hydrogen) atoms. The fourth-order valence-electron chi connectivity index (χ4n) is 2.75. The Labute approximate surface area is 145 Å². The molecule has 1 aromatic heterocycles. The van der Waals surface area contributed by atoms with Crippen molar-refractivity contribution < 1.29 is 18.3 Å². The van der Waals surface area contributed by atoms with Crippen molar-refractivity contribution in [3.05, 3.63) is 53.9 Å². The zero-order valence-corrected chi connectivity index (χ0v) is 14.5. The Bertz CT molecular complexity index is 1070. The second kappa shape index (κ2) is 6.21. The van der Waals surface area contributed by atoms with Gasteiger partial charge in [-0.15, -0.1) is 0 Å². The number of hydrogen-bond acceptors (Lipinski definition) is 4. The summed E-state index contributed by atoms with van der Waals surface area (Å²) in [5, 5.41) is 14.5. The largest absolute Gasteiger partial charge is 0.480 e. The van der Waals surface area contributed by atoms with Gasteiger partial charge in [0.05, 0.1) is 22.0 Å². The summed E-state index contributed by atoms with van der Waals surface area (Å²) >= 11 is 0. The Morgan fingerprint density at radius 1 is 1.16 bits per heavy atom. The second-order valence-electron chi connectivity index (χ2n) is 5.68. The lowest BCUT2D eigenvalue weighted by molar-refractivity contribution is -0.137. The molecule has 0 bridgehead atoms. The lowest BCUT2D eigenvalue weighted by Gasteiger charge is -2.11.